The van der Waals surface area contributed by atoms with Gasteiger partial charge in [0.05, 0.1) is 54.9 Å². The van der Waals surface area contributed by atoms with Gasteiger partial charge in [-0.2, -0.15) is 0 Å². The summed E-state index contributed by atoms with van der Waals surface area (Å²) in [6, 6.07) is 30.4. The van der Waals surface area contributed by atoms with Gasteiger partial charge in [-0.05, 0) is 105 Å². The zero-order valence-electron chi connectivity index (χ0n) is 35.9. The number of aromatic nitrogens is 3. The lowest BCUT2D eigenvalue weighted by molar-refractivity contribution is -0.146. The number of nitrogens with zero attached hydrogens (tertiary/aromatic N) is 5. The summed E-state index contributed by atoms with van der Waals surface area (Å²) < 4.78 is 31.2. The second kappa shape index (κ2) is 18.2. The molecule has 326 valence electrons. The Kier molecular flexibility index (Phi) is 12.8. The Labute approximate surface area is 363 Å². The topological polar surface area (TPSA) is 142 Å². The van der Waals surface area contributed by atoms with Crippen molar-refractivity contribution in [1.29, 1.82) is 0 Å². The molecule has 0 bridgehead atoms. The van der Waals surface area contributed by atoms with Crippen LogP contribution in [0.25, 0.3) is 0 Å². The van der Waals surface area contributed by atoms with Crippen molar-refractivity contribution in [3.05, 3.63) is 131 Å². The number of benzene rings is 4. The van der Waals surface area contributed by atoms with Crippen molar-refractivity contribution in [2.45, 2.75) is 94.9 Å². The molecule has 14 heteroatoms. The molecule has 12 nitrogen and oxygen atoms in total. The number of halogens is 1. The summed E-state index contributed by atoms with van der Waals surface area (Å²) >= 11 is 0. The normalized spacial score (nSPS) is 22.6. The molecule has 1 spiro atoms. The van der Waals surface area contributed by atoms with E-state index >= 15 is 8.90 Å². The molecule has 1 fully saturated rings. The SMILES string of the molecule is CCOc1ccc2c(c1)CC(NCCCCO)C(=O)N2c1cccc(CN2C(=O)[C@]3(O[C@H](CCn4cc(C(CO)c5ccccc5)nn4)[C@@H]([Si](C)(C)F)[C@@H]3C)c3ccccc32)c1. The van der Waals surface area contributed by atoms with E-state index in [9.17, 15) is 15.0 Å². The third-order valence-corrected chi connectivity index (χ3v) is 15.3. The van der Waals surface area contributed by atoms with Crippen molar-refractivity contribution in [3.8, 4) is 5.75 Å². The molecule has 1 saturated heterocycles. The number of carbonyl (C=O) groups is 2. The Morgan fingerprint density at radius 2 is 1.77 bits per heavy atom. The maximum absolute atomic E-state index is 16.6. The first kappa shape index (κ1) is 43.4. The monoisotopic (exact) mass is 860 g/mol. The quantitative estimate of drug-likeness (QED) is 0.0505. The molecular formula is C48H57FN6O6Si. The third-order valence-electron chi connectivity index (χ3n) is 12.8. The number of unbranched alkanes of at least 4 members (excludes halogenated alkanes) is 1. The molecule has 3 aliphatic heterocycles. The van der Waals surface area contributed by atoms with E-state index in [2.05, 4.69) is 15.6 Å². The Morgan fingerprint density at radius 1 is 0.984 bits per heavy atom. The standard InChI is InChI=1S/C48H57FN6O6Si/c1-5-60-37-20-21-42-35(27-37)28-40(50-23-11-12-25-56)46(58)55(42)36-17-13-14-33(26-36)29-54-43-19-10-9-18-39(43)48(47(54)59)32(2)45(62(3,4)49)44(61-48)22-24-53-30-41(51-52-53)38(31-57)34-15-7-6-8-16-34/h6-10,13-21,26-27,30,32,38,40,44-45,50,56-57H,5,11-12,22-25,28-29,31H2,1-4H3/t32-,38?,40?,44+,45-,48+/m0/s1. The van der Waals surface area contributed by atoms with Crippen molar-refractivity contribution in [3.63, 3.8) is 0 Å². The van der Waals surface area contributed by atoms with Crippen molar-refractivity contribution >= 4 is 37.3 Å². The smallest absolute Gasteiger partial charge is 0.264 e. The highest BCUT2D eigenvalue weighted by Gasteiger charge is 2.66. The van der Waals surface area contributed by atoms with Crippen molar-refractivity contribution < 1.29 is 33.4 Å². The van der Waals surface area contributed by atoms with Crippen LogP contribution in [0.5, 0.6) is 5.75 Å². The molecular weight excluding hydrogens is 804 g/mol. The van der Waals surface area contributed by atoms with E-state index in [0.29, 0.717) is 50.3 Å². The first-order valence-electron chi connectivity index (χ1n) is 21.8. The number of para-hydroxylation sites is 1. The molecule has 1 aromatic heterocycles. The third kappa shape index (κ3) is 8.22. The minimum absolute atomic E-state index is 0.0841. The maximum atomic E-state index is 16.6. The molecule has 2 unspecified atom stereocenters. The van der Waals surface area contributed by atoms with E-state index in [0.717, 1.165) is 45.8 Å². The van der Waals surface area contributed by atoms with Gasteiger partial charge in [0.2, 0.25) is 14.3 Å². The average Bonchev–Trinajstić information content (AvgIpc) is 3.92. The maximum Gasteiger partial charge on any atom is 0.264 e. The molecule has 8 rings (SSSR count). The van der Waals surface area contributed by atoms with E-state index in [1.807, 2.05) is 117 Å². The van der Waals surface area contributed by atoms with E-state index in [1.54, 1.807) is 27.6 Å². The van der Waals surface area contributed by atoms with E-state index in [4.69, 9.17) is 9.47 Å². The lowest BCUT2D eigenvalue weighted by Gasteiger charge is -2.35. The van der Waals surface area contributed by atoms with Gasteiger partial charge in [-0.1, -0.05) is 72.8 Å². The Morgan fingerprint density at radius 3 is 2.53 bits per heavy atom. The number of rotatable bonds is 17. The number of hydrogen-bond acceptors (Lipinski definition) is 9. The number of hydrogen-bond donors (Lipinski definition) is 3. The summed E-state index contributed by atoms with van der Waals surface area (Å²) in [5, 5.41) is 31.7. The predicted molar refractivity (Wildman–Crippen MR) is 239 cm³/mol. The first-order chi connectivity index (χ1) is 30.0. The fourth-order valence-electron chi connectivity index (χ4n) is 10.0. The zero-order chi connectivity index (χ0) is 43.6. The second-order valence-corrected chi connectivity index (χ2v) is 21.0. The van der Waals surface area contributed by atoms with Gasteiger partial charge >= 0.3 is 0 Å². The van der Waals surface area contributed by atoms with Crippen molar-refractivity contribution in [1.82, 2.24) is 20.3 Å². The molecule has 0 saturated carbocycles. The minimum Gasteiger partial charge on any atom is -0.494 e. The fourth-order valence-corrected chi connectivity index (χ4v) is 12.6. The van der Waals surface area contributed by atoms with E-state index < -0.39 is 37.6 Å². The van der Waals surface area contributed by atoms with Crippen LogP contribution < -0.4 is 19.9 Å². The molecule has 0 aliphatic carbocycles. The number of nitrogens with one attached hydrogen (secondary N) is 1. The molecule has 5 aromatic rings. The number of fused-ring (bicyclic) bond motifs is 3. The van der Waals surface area contributed by atoms with Crippen LogP contribution in [0.1, 0.15) is 67.0 Å². The Balaban J connectivity index is 1.06. The zero-order valence-corrected chi connectivity index (χ0v) is 36.9. The highest BCUT2D eigenvalue weighted by Crippen LogP contribution is 2.60. The Bertz CT molecular complexity index is 2380. The van der Waals surface area contributed by atoms with Crippen LogP contribution in [-0.4, -0.2) is 83.9 Å². The van der Waals surface area contributed by atoms with Gasteiger partial charge in [0.15, 0.2) is 5.60 Å². The summed E-state index contributed by atoms with van der Waals surface area (Å²) in [6.45, 7) is 9.00. The van der Waals surface area contributed by atoms with Crippen LogP contribution in [0.3, 0.4) is 0 Å². The molecule has 2 amide bonds. The molecule has 4 heterocycles. The van der Waals surface area contributed by atoms with Crippen LogP contribution in [0.4, 0.5) is 21.2 Å². The number of aryl methyl sites for hydroxylation is 1. The number of ether oxygens (including phenoxy) is 2. The summed E-state index contributed by atoms with van der Waals surface area (Å²) in [6.07, 6.45) is 3.57. The number of amides is 2. The van der Waals surface area contributed by atoms with Gasteiger partial charge in [-0.25, -0.2) is 0 Å². The second-order valence-electron chi connectivity index (χ2n) is 17.2. The van der Waals surface area contributed by atoms with Gasteiger partial charge < -0.3 is 34.0 Å². The highest BCUT2D eigenvalue weighted by atomic mass is 28.4. The summed E-state index contributed by atoms with van der Waals surface area (Å²) in [5.74, 6) is -0.360. The van der Waals surface area contributed by atoms with Gasteiger partial charge in [-0.15, -0.1) is 5.10 Å². The van der Waals surface area contributed by atoms with Crippen LogP contribution >= 0.6 is 0 Å². The van der Waals surface area contributed by atoms with Crippen LogP contribution in [0.15, 0.2) is 103 Å². The van der Waals surface area contributed by atoms with Crippen LogP contribution in [-0.2, 0) is 39.4 Å². The summed E-state index contributed by atoms with van der Waals surface area (Å²) in [5.41, 5.74) is 4.41. The number of anilines is 3. The van der Waals surface area contributed by atoms with E-state index in [1.165, 1.54) is 0 Å². The average molecular weight is 861 g/mol. The van der Waals surface area contributed by atoms with Gasteiger partial charge in [-0.3, -0.25) is 19.2 Å². The van der Waals surface area contributed by atoms with Gasteiger partial charge in [0.25, 0.3) is 5.91 Å². The highest BCUT2D eigenvalue weighted by molar-refractivity contribution is 6.72. The molecule has 6 atom stereocenters. The molecule has 3 N–H and O–H groups in total. The van der Waals surface area contributed by atoms with E-state index in [-0.39, 0.29) is 37.5 Å². The van der Waals surface area contributed by atoms with Crippen molar-refractivity contribution in [2.24, 2.45) is 5.92 Å². The summed E-state index contributed by atoms with van der Waals surface area (Å²) in [4.78, 5) is 32.9. The molecule has 62 heavy (non-hydrogen) atoms. The number of carbonyl (C=O) groups excluding carboxylic acids is 2. The minimum atomic E-state index is -3.42. The number of aliphatic hydroxyl groups excluding tert-OH is 2. The molecule has 3 aliphatic rings. The Hall–Kier alpha value is -5.25. The predicted octanol–water partition coefficient (Wildman–Crippen LogP) is 7.16. The van der Waals surface area contributed by atoms with Gasteiger partial charge in [0.1, 0.15) is 5.75 Å². The van der Waals surface area contributed by atoms with Crippen LogP contribution in [0, 0.1) is 5.92 Å². The number of aliphatic hydroxyl groups is 2. The lowest BCUT2D eigenvalue weighted by Crippen LogP contribution is -2.49. The fraction of sp³-hybridized carbons (Fsp3) is 0.417. The molecule has 0 radical (unpaired) electrons. The van der Waals surface area contributed by atoms with Crippen LogP contribution in [0.2, 0.25) is 18.6 Å². The van der Waals surface area contributed by atoms with Crippen molar-refractivity contribution in [2.75, 3.05) is 36.2 Å². The largest absolute Gasteiger partial charge is 0.494 e. The van der Waals surface area contributed by atoms with Gasteiger partial charge in [0, 0.05) is 42.1 Å². The lowest BCUT2D eigenvalue weighted by atomic mass is 9.82. The summed E-state index contributed by atoms with van der Waals surface area (Å²) in [7, 11) is -3.42. The first-order valence-corrected chi connectivity index (χ1v) is 24.8. The molecule has 4 aromatic carbocycles.